The maximum atomic E-state index is 12.1. The molecule has 4 unspecified atom stereocenters. The molecular formula is C16H22O6. The largest absolute Gasteiger partial charge is 0.393 e. The highest BCUT2D eigenvalue weighted by Gasteiger charge is 2.48. The van der Waals surface area contributed by atoms with Crippen molar-refractivity contribution in [3.63, 3.8) is 0 Å². The summed E-state index contributed by atoms with van der Waals surface area (Å²) in [7, 11) is 0. The fourth-order valence-electron chi connectivity index (χ4n) is 3.43. The van der Waals surface area contributed by atoms with Crippen LogP contribution in [-0.2, 0) is 28.7 Å². The van der Waals surface area contributed by atoms with Gasteiger partial charge in [0.1, 0.15) is 0 Å². The molecule has 2 fully saturated rings. The van der Waals surface area contributed by atoms with Gasteiger partial charge in [0.05, 0.1) is 24.2 Å². The molecule has 2 aliphatic heterocycles. The third kappa shape index (κ3) is 3.36. The average molecular weight is 310 g/mol. The van der Waals surface area contributed by atoms with Crippen LogP contribution < -0.4 is 0 Å². The normalized spacial score (nSPS) is 29.6. The Kier molecular flexibility index (Phi) is 5.32. The minimum absolute atomic E-state index is 0.0602. The zero-order valence-electron chi connectivity index (χ0n) is 13.0. The van der Waals surface area contributed by atoms with Crippen LogP contribution in [0.15, 0.2) is 0 Å². The van der Waals surface area contributed by atoms with Gasteiger partial charge in [-0.3, -0.25) is 19.2 Å². The Morgan fingerprint density at radius 2 is 1.77 bits per heavy atom. The van der Waals surface area contributed by atoms with Crippen molar-refractivity contribution in [2.45, 2.75) is 52.4 Å². The maximum absolute atomic E-state index is 12.1. The van der Waals surface area contributed by atoms with Crippen LogP contribution in [0.25, 0.3) is 0 Å². The molecule has 0 radical (unpaired) electrons. The van der Waals surface area contributed by atoms with E-state index in [2.05, 4.69) is 4.74 Å². The van der Waals surface area contributed by atoms with Crippen LogP contribution in [0.4, 0.5) is 0 Å². The van der Waals surface area contributed by atoms with Crippen LogP contribution in [0.1, 0.15) is 52.4 Å². The molecule has 2 heterocycles. The van der Waals surface area contributed by atoms with Gasteiger partial charge in [0, 0.05) is 0 Å². The van der Waals surface area contributed by atoms with Gasteiger partial charge in [0.2, 0.25) is 0 Å². The molecule has 0 aromatic carbocycles. The van der Waals surface area contributed by atoms with Crippen molar-refractivity contribution in [2.75, 3.05) is 0 Å². The Bertz CT molecular complexity index is 483. The zero-order valence-corrected chi connectivity index (χ0v) is 13.0. The van der Waals surface area contributed by atoms with E-state index in [-0.39, 0.29) is 12.3 Å². The molecule has 6 nitrogen and oxygen atoms in total. The Hall–Kier alpha value is -1.72. The second-order valence-corrected chi connectivity index (χ2v) is 6.11. The van der Waals surface area contributed by atoms with Gasteiger partial charge in [-0.2, -0.15) is 0 Å². The van der Waals surface area contributed by atoms with Gasteiger partial charge in [-0.25, -0.2) is 0 Å². The van der Waals surface area contributed by atoms with Crippen molar-refractivity contribution in [1.29, 1.82) is 0 Å². The standard InChI is InChI=1S/C16H22O6/c1-3-5-6-11-13(16(20)22-15(11)19)9(4-2)7-10-8-12(17)21-14(10)18/h9-11,13H,3-8H2,1-2H3. The number of carbonyl (C=O) groups excluding carboxylic acids is 4. The lowest BCUT2D eigenvalue weighted by Gasteiger charge is -2.24. The topological polar surface area (TPSA) is 86.7 Å². The summed E-state index contributed by atoms with van der Waals surface area (Å²) in [5.41, 5.74) is 0. The van der Waals surface area contributed by atoms with E-state index in [1.807, 2.05) is 13.8 Å². The minimum Gasteiger partial charge on any atom is -0.393 e. The van der Waals surface area contributed by atoms with Gasteiger partial charge >= 0.3 is 23.9 Å². The Labute approximate surface area is 129 Å². The molecule has 0 aromatic heterocycles. The number of cyclic esters (lactones) is 4. The lowest BCUT2D eigenvalue weighted by Crippen LogP contribution is -2.29. The molecule has 0 saturated carbocycles. The van der Waals surface area contributed by atoms with Gasteiger partial charge < -0.3 is 9.47 Å². The van der Waals surface area contributed by atoms with E-state index in [9.17, 15) is 19.2 Å². The highest BCUT2D eigenvalue weighted by molar-refractivity contribution is 5.97. The van der Waals surface area contributed by atoms with Gasteiger partial charge in [0.25, 0.3) is 0 Å². The third-order valence-corrected chi connectivity index (χ3v) is 4.66. The zero-order chi connectivity index (χ0) is 16.3. The minimum atomic E-state index is -0.522. The van der Waals surface area contributed by atoms with Crippen LogP contribution in [0.5, 0.6) is 0 Å². The highest BCUT2D eigenvalue weighted by Crippen LogP contribution is 2.39. The molecule has 0 spiro atoms. The van der Waals surface area contributed by atoms with E-state index >= 15 is 0 Å². The summed E-state index contributed by atoms with van der Waals surface area (Å²) in [5.74, 6) is -3.57. The van der Waals surface area contributed by atoms with Gasteiger partial charge in [-0.05, 0) is 18.8 Å². The number of ether oxygens (including phenoxy) is 2. The monoisotopic (exact) mass is 310 g/mol. The van der Waals surface area contributed by atoms with Crippen molar-refractivity contribution in [3.05, 3.63) is 0 Å². The van der Waals surface area contributed by atoms with E-state index in [1.54, 1.807) is 0 Å². The van der Waals surface area contributed by atoms with Gasteiger partial charge in [0.15, 0.2) is 0 Å². The van der Waals surface area contributed by atoms with Crippen LogP contribution in [0.2, 0.25) is 0 Å². The molecule has 0 N–H and O–H groups in total. The number of rotatable bonds is 7. The quantitative estimate of drug-likeness (QED) is 0.528. The number of esters is 4. The summed E-state index contributed by atoms with van der Waals surface area (Å²) in [6.07, 6.45) is 3.50. The summed E-state index contributed by atoms with van der Waals surface area (Å²) < 4.78 is 9.38. The molecule has 6 heteroatoms. The van der Waals surface area contributed by atoms with Crippen LogP contribution >= 0.6 is 0 Å². The molecule has 0 bridgehead atoms. The van der Waals surface area contributed by atoms with Crippen molar-refractivity contribution < 1.29 is 28.7 Å². The Balaban J connectivity index is 2.10. The van der Waals surface area contributed by atoms with E-state index < -0.39 is 41.6 Å². The van der Waals surface area contributed by atoms with Crippen LogP contribution in [0.3, 0.4) is 0 Å². The summed E-state index contributed by atoms with van der Waals surface area (Å²) in [5, 5.41) is 0. The summed E-state index contributed by atoms with van der Waals surface area (Å²) >= 11 is 0. The molecule has 2 saturated heterocycles. The van der Waals surface area contributed by atoms with Crippen LogP contribution in [-0.4, -0.2) is 23.9 Å². The van der Waals surface area contributed by atoms with Gasteiger partial charge in [-0.15, -0.1) is 0 Å². The van der Waals surface area contributed by atoms with E-state index in [4.69, 9.17) is 4.74 Å². The van der Waals surface area contributed by atoms with Crippen molar-refractivity contribution in [2.24, 2.45) is 23.7 Å². The van der Waals surface area contributed by atoms with Crippen molar-refractivity contribution >= 4 is 23.9 Å². The first kappa shape index (κ1) is 16.6. The SMILES string of the molecule is CCCCC1C(=O)OC(=O)C1C(CC)CC1CC(=O)OC1=O. The average Bonchev–Trinajstić information content (AvgIpc) is 2.92. The molecule has 22 heavy (non-hydrogen) atoms. The number of hydrogen-bond donors (Lipinski definition) is 0. The molecular weight excluding hydrogens is 288 g/mol. The maximum Gasteiger partial charge on any atom is 0.317 e. The second-order valence-electron chi connectivity index (χ2n) is 6.11. The van der Waals surface area contributed by atoms with E-state index in [0.717, 1.165) is 12.8 Å². The van der Waals surface area contributed by atoms with Crippen molar-refractivity contribution in [3.8, 4) is 0 Å². The molecule has 122 valence electrons. The highest BCUT2D eigenvalue weighted by atomic mass is 16.6. The third-order valence-electron chi connectivity index (χ3n) is 4.66. The molecule has 0 amide bonds. The molecule has 2 aliphatic rings. The number of hydrogen-bond acceptors (Lipinski definition) is 6. The predicted octanol–water partition coefficient (Wildman–Crippen LogP) is 2.00. The molecule has 0 aliphatic carbocycles. The first-order valence-corrected chi connectivity index (χ1v) is 7.97. The summed E-state index contributed by atoms with van der Waals surface area (Å²) in [6, 6.07) is 0. The van der Waals surface area contributed by atoms with E-state index in [0.29, 0.717) is 19.3 Å². The second kappa shape index (κ2) is 7.03. The Morgan fingerprint density at radius 3 is 2.32 bits per heavy atom. The van der Waals surface area contributed by atoms with E-state index in [1.165, 1.54) is 0 Å². The fraction of sp³-hybridized carbons (Fsp3) is 0.750. The summed E-state index contributed by atoms with van der Waals surface area (Å²) in [6.45, 7) is 3.94. The molecule has 2 rings (SSSR count). The van der Waals surface area contributed by atoms with Gasteiger partial charge in [-0.1, -0.05) is 33.1 Å². The first-order valence-electron chi connectivity index (χ1n) is 7.97. The summed E-state index contributed by atoms with van der Waals surface area (Å²) in [4.78, 5) is 46.8. The number of carbonyl (C=O) groups is 4. The Morgan fingerprint density at radius 1 is 1.05 bits per heavy atom. The van der Waals surface area contributed by atoms with Crippen LogP contribution in [0, 0.1) is 23.7 Å². The predicted molar refractivity (Wildman–Crippen MR) is 75.2 cm³/mol. The first-order chi connectivity index (χ1) is 10.5. The smallest absolute Gasteiger partial charge is 0.317 e. The number of unbranched alkanes of at least 4 members (excludes halogenated alkanes) is 1. The van der Waals surface area contributed by atoms with Crippen molar-refractivity contribution in [1.82, 2.24) is 0 Å². The lowest BCUT2D eigenvalue weighted by atomic mass is 9.75. The fourth-order valence-corrected chi connectivity index (χ4v) is 3.43. The molecule has 0 aromatic rings. The molecule has 4 atom stereocenters. The lowest BCUT2D eigenvalue weighted by molar-refractivity contribution is -0.156.